The number of rotatable bonds is 13. The van der Waals surface area contributed by atoms with E-state index in [1.54, 1.807) is 20.8 Å². The summed E-state index contributed by atoms with van der Waals surface area (Å²) in [5.74, 6) is 0. The first-order valence-electron chi connectivity index (χ1n) is 9.01. The number of ether oxygens (including phenoxy) is 2. The van der Waals surface area contributed by atoms with Crippen LogP contribution in [0, 0.1) is 0 Å². The van der Waals surface area contributed by atoms with Crippen molar-refractivity contribution in [2.24, 2.45) is 0 Å². The van der Waals surface area contributed by atoms with E-state index < -0.39 is 41.4 Å². The lowest BCUT2D eigenvalue weighted by molar-refractivity contribution is -0.108. The van der Waals surface area contributed by atoms with Gasteiger partial charge in [0.05, 0.1) is 32.5 Å². The van der Waals surface area contributed by atoms with Crippen molar-refractivity contribution in [3.63, 3.8) is 0 Å². The Labute approximate surface area is 163 Å². The minimum atomic E-state index is -2.21. The predicted octanol–water partition coefficient (Wildman–Crippen LogP) is 4.02. The second-order valence-electron chi connectivity index (χ2n) is 7.14. The number of benzene rings is 1. The molecule has 27 heavy (non-hydrogen) atoms. The van der Waals surface area contributed by atoms with E-state index >= 15 is 0 Å². The number of halogens is 3. The summed E-state index contributed by atoms with van der Waals surface area (Å²) in [4.78, 5) is 0. The minimum Gasteiger partial charge on any atom is -0.598 e. The van der Waals surface area contributed by atoms with E-state index in [0.717, 1.165) is 5.56 Å². The highest BCUT2D eigenvalue weighted by Crippen LogP contribution is 2.20. The predicted molar refractivity (Wildman–Crippen MR) is 102 cm³/mol. The minimum absolute atomic E-state index is 0.0216. The zero-order chi connectivity index (χ0) is 20.3. The molecule has 0 radical (unpaired) electrons. The van der Waals surface area contributed by atoms with Crippen molar-refractivity contribution in [1.29, 1.82) is 0 Å². The molecule has 8 heteroatoms. The van der Waals surface area contributed by atoms with Crippen LogP contribution in [0.5, 0.6) is 0 Å². The van der Waals surface area contributed by atoms with Gasteiger partial charge in [0.25, 0.3) is 0 Å². The average Bonchev–Trinajstić information content (AvgIpc) is 2.63. The zero-order valence-corrected chi connectivity index (χ0v) is 16.9. The summed E-state index contributed by atoms with van der Waals surface area (Å²) in [6.45, 7) is 4.82. The third-order valence-corrected chi connectivity index (χ3v) is 5.34. The zero-order valence-electron chi connectivity index (χ0n) is 16.1. The Morgan fingerprint density at radius 2 is 1.81 bits per heavy atom. The SMILES string of the molecule is CC(C)(C)[S+]([O-])NC(CCCF)C(F)C(F)OCCOCc1ccccc1. The summed E-state index contributed by atoms with van der Waals surface area (Å²) < 4.78 is 65.3. The lowest BCUT2D eigenvalue weighted by Crippen LogP contribution is -2.50. The molecule has 1 rings (SSSR count). The molecular weight excluding hydrogens is 379 g/mol. The smallest absolute Gasteiger partial charge is 0.232 e. The summed E-state index contributed by atoms with van der Waals surface area (Å²) in [6.07, 6.45) is -4.20. The van der Waals surface area contributed by atoms with E-state index in [9.17, 15) is 17.7 Å². The van der Waals surface area contributed by atoms with Gasteiger partial charge in [-0.1, -0.05) is 30.3 Å². The van der Waals surface area contributed by atoms with Crippen LogP contribution in [0.3, 0.4) is 0 Å². The van der Waals surface area contributed by atoms with Crippen LogP contribution in [0.25, 0.3) is 0 Å². The van der Waals surface area contributed by atoms with E-state index in [2.05, 4.69) is 4.72 Å². The summed E-state index contributed by atoms with van der Waals surface area (Å²) in [6, 6.07) is 8.35. The maximum absolute atomic E-state index is 14.4. The fourth-order valence-corrected chi connectivity index (χ4v) is 3.03. The van der Waals surface area contributed by atoms with Crippen molar-refractivity contribution in [2.45, 2.75) is 63.5 Å². The summed E-state index contributed by atoms with van der Waals surface area (Å²) in [5, 5.41) is 0. The molecule has 1 aromatic rings. The molecule has 0 fully saturated rings. The van der Waals surface area contributed by atoms with Crippen molar-refractivity contribution < 1.29 is 27.2 Å². The van der Waals surface area contributed by atoms with E-state index in [0.29, 0.717) is 6.61 Å². The van der Waals surface area contributed by atoms with Gasteiger partial charge in [-0.05, 0) is 39.2 Å². The molecule has 0 aliphatic heterocycles. The Kier molecular flexibility index (Phi) is 11.3. The van der Waals surface area contributed by atoms with E-state index in [1.165, 1.54) is 0 Å². The van der Waals surface area contributed by atoms with Gasteiger partial charge in [0.2, 0.25) is 6.36 Å². The van der Waals surface area contributed by atoms with Crippen molar-refractivity contribution >= 4 is 11.4 Å². The topological polar surface area (TPSA) is 53.5 Å². The van der Waals surface area contributed by atoms with Crippen molar-refractivity contribution in [3.05, 3.63) is 35.9 Å². The summed E-state index contributed by atoms with van der Waals surface area (Å²) in [5.41, 5.74) is 0.970. The van der Waals surface area contributed by atoms with Gasteiger partial charge in [-0.15, -0.1) is 4.72 Å². The highest BCUT2D eigenvalue weighted by Gasteiger charge is 2.36. The highest BCUT2D eigenvalue weighted by atomic mass is 32.2. The average molecular weight is 410 g/mol. The Morgan fingerprint density at radius 1 is 1.15 bits per heavy atom. The molecule has 0 saturated heterocycles. The lowest BCUT2D eigenvalue weighted by Gasteiger charge is -2.30. The molecule has 0 aliphatic rings. The van der Waals surface area contributed by atoms with Gasteiger partial charge in [-0.25, -0.2) is 8.78 Å². The molecule has 4 atom stereocenters. The molecule has 0 heterocycles. The first kappa shape index (κ1) is 24.2. The molecule has 4 nitrogen and oxygen atoms in total. The molecule has 1 aromatic carbocycles. The third-order valence-electron chi connectivity index (χ3n) is 3.71. The lowest BCUT2D eigenvalue weighted by atomic mass is 10.1. The van der Waals surface area contributed by atoms with E-state index in [1.807, 2.05) is 30.3 Å². The van der Waals surface area contributed by atoms with Crippen molar-refractivity contribution in [2.75, 3.05) is 19.9 Å². The van der Waals surface area contributed by atoms with Crippen LogP contribution < -0.4 is 4.72 Å². The number of hydrogen-bond acceptors (Lipinski definition) is 4. The summed E-state index contributed by atoms with van der Waals surface area (Å²) in [7, 11) is 0. The molecule has 0 aromatic heterocycles. The molecule has 1 N–H and O–H groups in total. The highest BCUT2D eigenvalue weighted by molar-refractivity contribution is 7.90. The normalized spacial score (nSPS) is 16.7. The first-order valence-corrected chi connectivity index (χ1v) is 10.2. The fraction of sp³-hybridized carbons (Fsp3) is 0.684. The number of hydrogen-bond donors (Lipinski definition) is 1. The Morgan fingerprint density at radius 3 is 2.41 bits per heavy atom. The Bertz CT molecular complexity index is 505. The quantitative estimate of drug-likeness (QED) is 0.395. The largest absolute Gasteiger partial charge is 0.598 e. The molecule has 0 saturated carbocycles. The molecule has 0 bridgehead atoms. The molecule has 156 valence electrons. The number of nitrogens with one attached hydrogen (secondary N) is 1. The fourth-order valence-electron chi connectivity index (χ4n) is 2.15. The molecule has 0 spiro atoms. The van der Waals surface area contributed by atoms with Gasteiger partial charge in [-0.3, -0.25) is 4.39 Å². The van der Waals surface area contributed by atoms with Gasteiger partial charge < -0.3 is 14.0 Å². The standard InChI is InChI=1S/C19H30F3NO3S/c1-19(2,3)27(24)23-16(10-7-11-20)17(21)18(22)26-13-12-25-14-15-8-5-4-6-9-15/h4-6,8-9,16-18,23H,7,10-14H2,1-3H3. The van der Waals surface area contributed by atoms with Gasteiger partial charge in [-0.2, -0.15) is 0 Å². The van der Waals surface area contributed by atoms with E-state index in [-0.39, 0.29) is 26.1 Å². The van der Waals surface area contributed by atoms with Gasteiger partial charge in [0, 0.05) is 11.4 Å². The van der Waals surface area contributed by atoms with Crippen LogP contribution in [0.4, 0.5) is 13.2 Å². The van der Waals surface area contributed by atoms with Crippen LogP contribution in [0.1, 0.15) is 39.2 Å². The van der Waals surface area contributed by atoms with Crippen molar-refractivity contribution in [3.8, 4) is 0 Å². The van der Waals surface area contributed by atoms with Crippen molar-refractivity contribution in [1.82, 2.24) is 4.72 Å². The number of alkyl halides is 3. The summed E-state index contributed by atoms with van der Waals surface area (Å²) >= 11 is -1.60. The second kappa shape index (κ2) is 12.6. The molecule has 0 amide bonds. The maximum Gasteiger partial charge on any atom is 0.232 e. The molecular formula is C19H30F3NO3S. The Balaban J connectivity index is 2.40. The maximum atomic E-state index is 14.4. The first-order chi connectivity index (χ1) is 12.8. The molecule has 4 unspecified atom stereocenters. The van der Waals surface area contributed by atoms with Crippen LogP contribution in [0.15, 0.2) is 30.3 Å². The van der Waals surface area contributed by atoms with Crippen LogP contribution in [-0.2, 0) is 27.4 Å². The van der Waals surface area contributed by atoms with Gasteiger partial charge in [0.15, 0.2) is 6.17 Å². The van der Waals surface area contributed by atoms with Crippen LogP contribution >= 0.6 is 0 Å². The van der Waals surface area contributed by atoms with Crippen LogP contribution in [-0.4, -0.2) is 47.8 Å². The molecule has 0 aliphatic carbocycles. The second-order valence-corrected chi connectivity index (χ2v) is 9.14. The monoisotopic (exact) mass is 409 g/mol. The van der Waals surface area contributed by atoms with Gasteiger partial charge >= 0.3 is 0 Å². The van der Waals surface area contributed by atoms with Gasteiger partial charge in [0.1, 0.15) is 4.75 Å². The third kappa shape index (κ3) is 9.80. The van der Waals surface area contributed by atoms with Crippen LogP contribution in [0.2, 0.25) is 0 Å². The van der Waals surface area contributed by atoms with E-state index in [4.69, 9.17) is 9.47 Å². The Hall–Kier alpha value is -0.800.